The van der Waals surface area contributed by atoms with Crippen LogP contribution in [0.3, 0.4) is 0 Å². The Hall–Kier alpha value is -2.40. The number of hydrogen-bond acceptors (Lipinski definition) is 4. The fraction of sp³-hybridized carbons (Fsp3) is 0.368. The summed E-state index contributed by atoms with van der Waals surface area (Å²) >= 11 is 0. The first-order valence-corrected chi connectivity index (χ1v) is 8.68. The lowest BCUT2D eigenvalue weighted by molar-refractivity contribution is 0.0151. The van der Waals surface area contributed by atoms with Crippen LogP contribution in [0.2, 0.25) is 0 Å². The van der Waals surface area contributed by atoms with Gasteiger partial charge in [-0.25, -0.2) is 0 Å². The second kappa shape index (κ2) is 5.60. The lowest BCUT2D eigenvalue weighted by Crippen LogP contribution is -2.32. The maximum Gasteiger partial charge on any atom is 0.120 e. The number of rotatable bonds is 1. The van der Waals surface area contributed by atoms with Crippen molar-refractivity contribution in [1.29, 1.82) is 0 Å². The first-order chi connectivity index (χ1) is 11.9. The van der Waals surface area contributed by atoms with E-state index in [1.807, 2.05) is 6.07 Å². The van der Waals surface area contributed by atoms with Crippen LogP contribution in [-0.2, 0) is 4.74 Å². The minimum absolute atomic E-state index is 0.0720. The van der Waals surface area contributed by atoms with Crippen molar-refractivity contribution in [2.24, 2.45) is 5.92 Å². The van der Waals surface area contributed by atoms with Gasteiger partial charge in [0.05, 0.1) is 12.1 Å². The number of benzene rings is 2. The Morgan fingerprint density at radius 1 is 1.00 bits per heavy atom. The van der Waals surface area contributed by atoms with Crippen LogP contribution < -0.4 is 5.32 Å². The molecule has 5 nitrogen and oxygen atoms in total. The van der Waals surface area contributed by atoms with Gasteiger partial charge in [0, 0.05) is 23.8 Å². The molecule has 2 aliphatic heterocycles. The number of aromatic nitrogens is 3. The van der Waals surface area contributed by atoms with Gasteiger partial charge in [-0.2, -0.15) is 15.4 Å². The molecule has 3 heterocycles. The van der Waals surface area contributed by atoms with Crippen molar-refractivity contribution in [3.05, 3.63) is 53.6 Å². The lowest BCUT2D eigenvalue weighted by atomic mass is 9.78. The van der Waals surface area contributed by atoms with Crippen molar-refractivity contribution in [2.75, 3.05) is 11.9 Å². The molecule has 3 atom stereocenters. The average Bonchev–Trinajstić information content (AvgIpc) is 2.98. The van der Waals surface area contributed by atoms with Gasteiger partial charge in [0.2, 0.25) is 0 Å². The summed E-state index contributed by atoms with van der Waals surface area (Å²) in [4.78, 5) is 0. The van der Waals surface area contributed by atoms with E-state index in [-0.39, 0.29) is 12.1 Å². The summed E-state index contributed by atoms with van der Waals surface area (Å²) in [6.07, 6.45) is 3.56. The zero-order chi connectivity index (χ0) is 15.9. The summed E-state index contributed by atoms with van der Waals surface area (Å²) < 4.78 is 6.34. The molecule has 0 radical (unpaired) electrons. The zero-order valence-corrected chi connectivity index (χ0v) is 13.4. The number of nitrogens with one attached hydrogen (secondary N) is 2. The fourth-order valence-electron chi connectivity index (χ4n) is 4.22. The predicted octanol–water partition coefficient (Wildman–Crippen LogP) is 3.98. The highest BCUT2D eigenvalue weighted by Crippen LogP contribution is 2.50. The molecule has 0 saturated carbocycles. The van der Waals surface area contributed by atoms with Crippen LogP contribution in [0.1, 0.15) is 42.5 Å². The van der Waals surface area contributed by atoms with E-state index < -0.39 is 0 Å². The molecule has 0 spiro atoms. The van der Waals surface area contributed by atoms with Gasteiger partial charge in [-0.05, 0) is 30.5 Å². The lowest BCUT2D eigenvalue weighted by Gasteiger charge is -2.39. The highest BCUT2D eigenvalue weighted by atomic mass is 16.5. The summed E-state index contributed by atoms with van der Waals surface area (Å²) in [5.41, 5.74) is 5.45. The van der Waals surface area contributed by atoms with E-state index in [0.29, 0.717) is 5.92 Å². The quantitative estimate of drug-likeness (QED) is 0.712. The maximum atomic E-state index is 6.34. The maximum absolute atomic E-state index is 6.34. The molecule has 2 N–H and O–H groups in total. The van der Waals surface area contributed by atoms with Crippen LogP contribution in [0, 0.1) is 5.92 Å². The highest BCUT2D eigenvalue weighted by molar-refractivity contribution is 5.85. The van der Waals surface area contributed by atoms with Crippen molar-refractivity contribution in [1.82, 2.24) is 15.4 Å². The topological polar surface area (TPSA) is 62.8 Å². The van der Waals surface area contributed by atoms with Crippen molar-refractivity contribution in [3.63, 3.8) is 0 Å². The molecule has 1 saturated heterocycles. The van der Waals surface area contributed by atoms with Gasteiger partial charge < -0.3 is 10.1 Å². The molecule has 5 heteroatoms. The van der Waals surface area contributed by atoms with E-state index in [2.05, 4.69) is 57.1 Å². The Balaban J connectivity index is 1.68. The third-order valence-electron chi connectivity index (χ3n) is 5.33. The smallest absolute Gasteiger partial charge is 0.120 e. The summed E-state index contributed by atoms with van der Waals surface area (Å²) in [5, 5.41) is 15.2. The van der Waals surface area contributed by atoms with E-state index in [4.69, 9.17) is 4.74 Å². The standard InChI is InChI=1S/C19H20N4O/c1-2-6-12(7-3-1)17-13-8-4-5-11-24-19(13)16-14(20-17)9-10-15-18(16)22-23-21-15/h1-3,6-7,9-10,13,17,19-20H,4-5,8,11H2,(H,21,22,23). The second-order valence-electron chi connectivity index (χ2n) is 6.70. The normalized spacial score (nSPS) is 26.2. The van der Waals surface area contributed by atoms with Gasteiger partial charge in [-0.1, -0.05) is 36.8 Å². The fourth-order valence-corrected chi connectivity index (χ4v) is 4.22. The van der Waals surface area contributed by atoms with E-state index in [1.165, 1.54) is 17.5 Å². The van der Waals surface area contributed by atoms with Gasteiger partial charge in [0.15, 0.2) is 0 Å². The number of aromatic amines is 1. The van der Waals surface area contributed by atoms with Gasteiger partial charge in [-0.15, -0.1) is 0 Å². The van der Waals surface area contributed by atoms with Crippen molar-refractivity contribution in [2.45, 2.75) is 31.4 Å². The first kappa shape index (κ1) is 14.0. The summed E-state index contributed by atoms with van der Waals surface area (Å²) in [6, 6.07) is 15.1. The van der Waals surface area contributed by atoms with E-state index in [1.54, 1.807) is 0 Å². The summed E-state index contributed by atoms with van der Waals surface area (Å²) in [5.74, 6) is 0.407. The molecule has 3 unspecified atom stereocenters. The molecule has 3 aromatic rings. The summed E-state index contributed by atoms with van der Waals surface area (Å²) in [6.45, 7) is 0.816. The first-order valence-electron chi connectivity index (χ1n) is 8.68. The van der Waals surface area contributed by atoms with Gasteiger partial charge in [0.1, 0.15) is 11.0 Å². The SMILES string of the molecule is c1ccc(C2Nc3ccc4n[nH]nc4c3C3OCCCCC23)cc1. The monoisotopic (exact) mass is 320 g/mol. The Kier molecular flexibility index (Phi) is 3.26. The highest BCUT2D eigenvalue weighted by Gasteiger charge is 2.40. The number of H-pyrrole nitrogens is 1. The largest absolute Gasteiger partial charge is 0.377 e. The van der Waals surface area contributed by atoms with Gasteiger partial charge in [0.25, 0.3) is 0 Å². The van der Waals surface area contributed by atoms with Crippen molar-refractivity contribution >= 4 is 16.7 Å². The molecule has 2 aliphatic rings. The van der Waals surface area contributed by atoms with Crippen LogP contribution in [0.5, 0.6) is 0 Å². The Morgan fingerprint density at radius 3 is 2.83 bits per heavy atom. The van der Waals surface area contributed by atoms with E-state index >= 15 is 0 Å². The third-order valence-corrected chi connectivity index (χ3v) is 5.33. The molecule has 0 aliphatic carbocycles. The molecule has 5 rings (SSSR count). The Morgan fingerprint density at radius 2 is 1.92 bits per heavy atom. The third kappa shape index (κ3) is 2.12. The molecule has 122 valence electrons. The number of anilines is 1. The number of nitrogens with zero attached hydrogens (tertiary/aromatic N) is 2. The van der Waals surface area contributed by atoms with Gasteiger partial charge >= 0.3 is 0 Å². The van der Waals surface area contributed by atoms with Crippen molar-refractivity contribution < 1.29 is 4.74 Å². The van der Waals surface area contributed by atoms with Crippen LogP contribution >= 0.6 is 0 Å². The number of fused-ring (bicyclic) bond motifs is 5. The van der Waals surface area contributed by atoms with Crippen LogP contribution in [-0.4, -0.2) is 22.0 Å². The van der Waals surface area contributed by atoms with Gasteiger partial charge in [-0.3, -0.25) is 0 Å². The number of ether oxygens (including phenoxy) is 1. The average molecular weight is 320 g/mol. The molecule has 1 aromatic heterocycles. The minimum atomic E-state index is 0.0720. The molecule has 24 heavy (non-hydrogen) atoms. The molecule has 0 amide bonds. The molecular formula is C19H20N4O. The van der Waals surface area contributed by atoms with Crippen LogP contribution in [0.4, 0.5) is 5.69 Å². The van der Waals surface area contributed by atoms with E-state index in [9.17, 15) is 0 Å². The molecular weight excluding hydrogens is 300 g/mol. The Bertz CT molecular complexity index is 860. The van der Waals surface area contributed by atoms with Crippen LogP contribution in [0.15, 0.2) is 42.5 Å². The number of hydrogen-bond donors (Lipinski definition) is 2. The zero-order valence-electron chi connectivity index (χ0n) is 13.4. The summed E-state index contributed by atoms with van der Waals surface area (Å²) in [7, 11) is 0. The van der Waals surface area contributed by atoms with E-state index in [0.717, 1.165) is 36.2 Å². The minimum Gasteiger partial charge on any atom is -0.377 e. The Labute approximate surface area is 140 Å². The molecule has 0 bridgehead atoms. The van der Waals surface area contributed by atoms with Crippen molar-refractivity contribution in [3.8, 4) is 0 Å². The predicted molar refractivity (Wildman–Crippen MR) is 92.7 cm³/mol. The molecule has 2 aromatic carbocycles. The van der Waals surface area contributed by atoms with Crippen LogP contribution in [0.25, 0.3) is 11.0 Å². The second-order valence-corrected chi connectivity index (χ2v) is 6.70. The molecule has 1 fully saturated rings.